The Morgan fingerprint density at radius 2 is 0.728 bits per heavy atom. The van der Waals surface area contributed by atoms with Crippen molar-refractivity contribution < 1.29 is 19.7 Å². The SMILES string of the molecule is Cc1cc(C#N)cc(-c2cc(C(C)(C)CC(C)(C)C)cc(-n3c4ccc(N)cc4c4cc(C(C)(C)C)ccc43)c2O)c1OCCCOc1c(C)cc(C#N)cc1-c1cc(C(C)(C)CC(C)(C)C)cc(-n2c3ccc(C(C)(C)C)cc3c3cc(C(C)(C)C)ccc32)c1O. The molecule has 0 unspecified atom stereocenters. The summed E-state index contributed by atoms with van der Waals surface area (Å²) in [5, 5.41) is 51.8. The molecule has 0 aliphatic carbocycles. The topological polar surface area (TPSA) is 142 Å². The monoisotopic (exact) mass is 1230 g/mol. The first kappa shape index (κ1) is 66.3. The maximum Gasteiger partial charge on any atom is 0.147 e. The number of anilines is 1. The van der Waals surface area contributed by atoms with Crippen LogP contribution < -0.4 is 15.2 Å². The molecule has 10 aromatic rings. The zero-order valence-corrected chi connectivity index (χ0v) is 58.7. The van der Waals surface area contributed by atoms with E-state index in [2.05, 4.69) is 232 Å². The van der Waals surface area contributed by atoms with Gasteiger partial charge in [0.15, 0.2) is 0 Å². The van der Waals surface area contributed by atoms with Crippen LogP contribution in [0.2, 0.25) is 0 Å². The molecule has 2 aromatic heterocycles. The molecule has 478 valence electrons. The third kappa shape index (κ3) is 13.0. The highest BCUT2D eigenvalue weighted by atomic mass is 16.5. The number of hydrogen-bond acceptors (Lipinski definition) is 7. The summed E-state index contributed by atoms with van der Waals surface area (Å²) in [5.41, 5.74) is 21.7. The lowest BCUT2D eigenvalue weighted by Gasteiger charge is -2.34. The third-order valence-electron chi connectivity index (χ3n) is 18.5. The highest BCUT2D eigenvalue weighted by molar-refractivity contribution is 6.12. The number of phenols is 2. The number of nitriles is 2. The van der Waals surface area contributed by atoms with Crippen LogP contribution >= 0.6 is 0 Å². The van der Waals surface area contributed by atoms with Crippen LogP contribution in [0.5, 0.6) is 23.0 Å². The zero-order chi connectivity index (χ0) is 67.3. The summed E-state index contributed by atoms with van der Waals surface area (Å²) < 4.78 is 18.2. The summed E-state index contributed by atoms with van der Waals surface area (Å²) in [5.74, 6) is 1.26. The van der Waals surface area contributed by atoms with Gasteiger partial charge < -0.3 is 34.6 Å². The molecular formula is C83H97N5O4. The van der Waals surface area contributed by atoms with Gasteiger partial charge in [0.2, 0.25) is 0 Å². The summed E-state index contributed by atoms with van der Waals surface area (Å²) in [6.45, 7) is 47.1. The van der Waals surface area contributed by atoms with Crippen molar-refractivity contribution in [2.24, 2.45) is 10.8 Å². The van der Waals surface area contributed by atoms with E-state index in [1.165, 1.54) is 16.7 Å². The van der Waals surface area contributed by atoms with Crippen molar-refractivity contribution in [2.75, 3.05) is 18.9 Å². The average Bonchev–Trinajstić information content (AvgIpc) is 1.59. The molecule has 9 heteroatoms. The van der Waals surface area contributed by atoms with Gasteiger partial charge in [-0.1, -0.05) is 150 Å². The van der Waals surface area contributed by atoms with Crippen molar-refractivity contribution in [1.82, 2.24) is 9.13 Å². The van der Waals surface area contributed by atoms with Gasteiger partial charge in [0.05, 0.1) is 69.9 Å². The van der Waals surface area contributed by atoms with E-state index in [0.29, 0.717) is 68.4 Å². The van der Waals surface area contributed by atoms with E-state index in [-0.39, 0.29) is 62.6 Å². The molecule has 4 N–H and O–H groups in total. The Hall–Kier alpha value is -8.66. The number of ether oxygens (including phenoxy) is 2. The minimum absolute atomic E-state index is 0.0252. The first-order valence-corrected chi connectivity index (χ1v) is 32.7. The van der Waals surface area contributed by atoms with E-state index < -0.39 is 0 Å². The van der Waals surface area contributed by atoms with E-state index in [1.807, 2.05) is 56.3 Å². The van der Waals surface area contributed by atoms with Crippen LogP contribution in [-0.2, 0) is 27.1 Å². The molecule has 0 atom stereocenters. The van der Waals surface area contributed by atoms with Gasteiger partial charge in [-0.25, -0.2) is 0 Å². The molecule has 9 nitrogen and oxygen atoms in total. The number of nitrogens with zero attached hydrogens (tertiary/aromatic N) is 4. The molecule has 0 fully saturated rings. The van der Waals surface area contributed by atoms with E-state index in [9.17, 15) is 20.7 Å². The number of nitrogen functional groups attached to an aromatic ring is 1. The maximum absolute atomic E-state index is 13.2. The molecule has 0 bridgehead atoms. The van der Waals surface area contributed by atoms with Crippen LogP contribution in [0.3, 0.4) is 0 Å². The fourth-order valence-electron chi connectivity index (χ4n) is 14.5. The largest absolute Gasteiger partial charge is 0.505 e. The second-order valence-electron chi connectivity index (χ2n) is 33.0. The molecule has 0 aliphatic rings. The van der Waals surface area contributed by atoms with Gasteiger partial charge in [-0.05, 0) is 207 Å². The lowest BCUT2D eigenvalue weighted by atomic mass is 9.71. The molecule has 0 amide bonds. The lowest BCUT2D eigenvalue weighted by molar-refractivity contribution is 0.247. The van der Waals surface area contributed by atoms with Crippen LogP contribution in [0.25, 0.3) is 77.2 Å². The van der Waals surface area contributed by atoms with Gasteiger partial charge in [-0.15, -0.1) is 0 Å². The number of nitrogens with two attached hydrogens (primary N) is 1. The fourth-order valence-corrected chi connectivity index (χ4v) is 14.5. The highest BCUT2D eigenvalue weighted by Gasteiger charge is 2.34. The molecule has 0 saturated heterocycles. The number of benzene rings is 8. The van der Waals surface area contributed by atoms with Gasteiger partial charge in [-0.2, -0.15) is 10.5 Å². The van der Waals surface area contributed by atoms with Gasteiger partial charge in [0.25, 0.3) is 0 Å². The van der Waals surface area contributed by atoms with Crippen molar-refractivity contribution in [3.8, 4) is 68.8 Å². The van der Waals surface area contributed by atoms with E-state index in [1.54, 1.807) is 0 Å². The number of aromatic hydroxyl groups is 2. The quantitative estimate of drug-likeness (QED) is 0.0727. The molecule has 0 saturated carbocycles. The van der Waals surface area contributed by atoms with Crippen LogP contribution in [-0.4, -0.2) is 32.6 Å². The normalized spacial score (nSPS) is 12.9. The van der Waals surface area contributed by atoms with Crippen LogP contribution in [0, 0.1) is 47.3 Å². The standard InChI is InChI=1S/C83H97N5O4/c1-49-33-51(45-84)35-65(63-40-56(82(18,19)47-77(3,4)5)42-71(73(63)89)87-67-27-23-53(79(9,10)11)37-59(67)60-38-54(80(12,13)14)24-28-68(60)87)75(49)91-31-22-32-92-76-50(2)34-52(46-85)36-66(76)64-41-57(83(20,21)48-78(6,7)8)43-72(74(64)90)88-69-29-25-55(81(15,16)17)39-61(69)62-44-58(86)26-30-70(62)88/h23-30,33-44,89-90H,22,31-32,47-48,86H2,1-21H3. The molecule has 0 spiro atoms. The second-order valence-corrected chi connectivity index (χ2v) is 33.0. The third-order valence-corrected chi connectivity index (χ3v) is 18.5. The first-order chi connectivity index (χ1) is 42.7. The Morgan fingerprint density at radius 1 is 0.402 bits per heavy atom. The molecule has 2 heterocycles. The highest BCUT2D eigenvalue weighted by Crippen LogP contribution is 2.51. The number of aryl methyl sites for hydroxylation is 2. The van der Waals surface area contributed by atoms with Crippen molar-refractivity contribution in [1.29, 1.82) is 10.5 Å². The van der Waals surface area contributed by atoms with Gasteiger partial charge in [0, 0.05) is 55.9 Å². The van der Waals surface area contributed by atoms with Crippen molar-refractivity contribution in [2.45, 2.75) is 192 Å². The Labute approximate surface area is 547 Å². The molecule has 0 radical (unpaired) electrons. The van der Waals surface area contributed by atoms with E-state index >= 15 is 0 Å². The predicted molar refractivity (Wildman–Crippen MR) is 385 cm³/mol. The minimum Gasteiger partial charge on any atom is -0.505 e. The Balaban J connectivity index is 1.07. The molecule has 10 rings (SSSR count). The summed E-state index contributed by atoms with van der Waals surface area (Å²) in [4.78, 5) is 0. The lowest BCUT2D eigenvalue weighted by Crippen LogP contribution is -2.25. The predicted octanol–water partition coefficient (Wildman–Crippen LogP) is 21.7. The summed E-state index contributed by atoms with van der Waals surface area (Å²) in [6, 6.07) is 46.7. The fraction of sp³-hybridized carbons (Fsp3) is 0.398. The second kappa shape index (κ2) is 23.5. The molecule has 8 aromatic carbocycles. The van der Waals surface area contributed by atoms with Gasteiger partial charge in [-0.3, -0.25) is 0 Å². The van der Waals surface area contributed by atoms with Crippen LogP contribution in [0.15, 0.2) is 121 Å². The molecule has 0 aliphatic heterocycles. The number of rotatable bonds is 14. The van der Waals surface area contributed by atoms with Gasteiger partial charge >= 0.3 is 0 Å². The Bertz CT molecular complexity index is 4580. The number of fused-ring (bicyclic) bond motifs is 6. The number of hydrogen-bond donors (Lipinski definition) is 3. The van der Waals surface area contributed by atoms with Crippen molar-refractivity contribution in [3.05, 3.63) is 171 Å². The first-order valence-electron chi connectivity index (χ1n) is 32.7. The van der Waals surface area contributed by atoms with E-state index in [4.69, 9.17) is 15.2 Å². The maximum atomic E-state index is 13.2. The zero-order valence-electron chi connectivity index (χ0n) is 58.7. The van der Waals surface area contributed by atoms with Gasteiger partial charge in [0.1, 0.15) is 23.0 Å². The average molecular weight is 1230 g/mol. The minimum atomic E-state index is -0.360. The summed E-state index contributed by atoms with van der Waals surface area (Å²) in [6.07, 6.45) is 2.15. The number of aromatic nitrogens is 2. The van der Waals surface area contributed by atoms with E-state index in [0.717, 1.165) is 78.7 Å². The van der Waals surface area contributed by atoms with Crippen LogP contribution in [0.4, 0.5) is 5.69 Å². The molecular weight excluding hydrogens is 1130 g/mol. The van der Waals surface area contributed by atoms with Crippen molar-refractivity contribution in [3.63, 3.8) is 0 Å². The molecule has 92 heavy (non-hydrogen) atoms. The van der Waals surface area contributed by atoms with Crippen LogP contribution in [0.1, 0.15) is 201 Å². The number of phenolic OH excluding ortho intramolecular Hbond substituents is 2. The Morgan fingerprint density at radius 3 is 1.04 bits per heavy atom. The summed E-state index contributed by atoms with van der Waals surface area (Å²) in [7, 11) is 0. The Kier molecular flexibility index (Phi) is 16.9. The summed E-state index contributed by atoms with van der Waals surface area (Å²) >= 11 is 0. The smallest absolute Gasteiger partial charge is 0.147 e. The van der Waals surface area contributed by atoms with Crippen molar-refractivity contribution >= 4 is 49.3 Å².